The zero-order valence-electron chi connectivity index (χ0n) is 12.3. The van der Waals surface area contributed by atoms with Crippen LogP contribution >= 0.6 is 0 Å². The van der Waals surface area contributed by atoms with Crippen molar-refractivity contribution in [2.24, 2.45) is 0 Å². The Balaban J connectivity index is 2.42. The van der Waals surface area contributed by atoms with Crippen molar-refractivity contribution in [3.8, 4) is 0 Å². The molecule has 1 unspecified atom stereocenters. The summed E-state index contributed by atoms with van der Waals surface area (Å²) in [5.41, 5.74) is 0.264. The first-order chi connectivity index (χ1) is 9.93. The molecule has 0 saturated heterocycles. The summed E-state index contributed by atoms with van der Waals surface area (Å²) in [6.07, 6.45) is 2.56. The minimum atomic E-state index is -1.02. The van der Waals surface area contributed by atoms with Crippen molar-refractivity contribution >= 4 is 17.8 Å². The van der Waals surface area contributed by atoms with Crippen LogP contribution in [-0.2, 0) is 16.1 Å². The van der Waals surface area contributed by atoms with Gasteiger partial charge in [-0.1, -0.05) is 6.92 Å². The standard InChI is InChI=1S/C14H21N3O4/c1-3-10(2)16-12(18)6-7-15-14(21)11-5-4-8-17(11)9-13(19)20/h4-5,8,10H,3,6-7,9H2,1-2H3,(H,15,21)(H,16,18)(H,19,20). The predicted molar refractivity (Wildman–Crippen MR) is 76.9 cm³/mol. The highest BCUT2D eigenvalue weighted by Gasteiger charge is 2.13. The first-order valence-corrected chi connectivity index (χ1v) is 6.88. The molecule has 3 N–H and O–H groups in total. The van der Waals surface area contributed by atoms with Gasteiger partial charge in [0.25, 0.3) is 5.91 Å². The van der Waals surface area contributed by atoms with E-state index in [2.05, 4.69) is 10.6 Å². The Bertz CT molecular complexity index is 510. The predicted octanol–water partition coefficient (Wildman–Crippen LogP) is 0.607. The van der Waals surface area contributed by atoms with E-state index in [4.69, 9.17) is 5.11 Å². The molecule has 0 saturated carbocycles. The highest BCUT2D eigenvalue weighted by atomic mass is 16.4. The van der Waals surface area contributed by atoms with E-state index in [-0.39, 0.29) is 37.2 Å². The average Bonchev–Trinajstić information content (AvgIpc) is 2.85. The molecule has 0 aliphatic carbocycles. The Morgan fingerprint density at radius 2 is 2.10 bits per heavy atom. The van der Waals surface area contributed by atoms with Crippen LogP contribution in [0.3, 0.4) is 0 Å². The second kappa shape index (κ2) is 8.08. The molecule has 116 valence electrons. The molecule has 0 aromatic carbocycles. The van der Waals surface area contributed by atoms with Crippen molar-refractivity contribution in [1.82, 2.24) is 15.2 Å². The first-order valence-electron chi connectivity index (χ1n) is 6.88. The summed E-state index contributed by atoms with van der Waals surface area (Å²) in [7, 11) is 0. The fraction of sp³-hybridized carbons (Fsp3) is 0.500. The molecule has 0 radical (unpaired) electrons. The highest BCUT2D eigenvalue weighted by Crippen LogP contribution is 2.02. The van der Waals surface area contributed by atoms with Crippen molar-refractivity contribution in [3.05, 3.63) is 24.0 Å². The van der Waals surface area contributed by atoms with E-state index >= 15 is 0 Å². The summed E-state index contributed by atoms with van der Waals surface area (Å²) in [4.78, 5) is 34.1. The molecular formula is C14H21N3O4. The van der Waals surface area contributed by atoms with Crippen molar-refractivity contribution < 1.29 is 19.5 Å². The molecule has 0 aliphatic heterocycles. The summed E-state index contributed by atoms with van der Waals surface area (Å²) >= 11 is 0. The molecular weight excluding hydrogens is 274 g/mol. The lowest BCUT2D eigenvalue weighted by Gasteiger charge is -2.12. The lowest BCUT2D eigenvalue weighted by atomic mass is 10.2. The zero-order valence-corrected chi connectivity index (χ0v) is 12.3. The van der Waals surface area contributed by atoms with Gasteiger partial charge in [-0.3, -0.25) is 14.4 Å². The lowest BCUT2D eigenvalue weighted by Crippen LogP contribution is -2.35. The van der Waals surface area contributed by atoms with Crippen LogP contribution in [0.2, 0.25) is 0 Å². The minimum absolute atomic E-state index is 0.112. The Hall–Kier alpha value is -2.31. The van der Waals surface area contributed by atoms with Crippen LogP contribution in [0.1, 0.15) is 37.2 Å². The van der Waals surface area contributed by atoms with E-state index in [0.717, 1.165) is 6.42 Å². The number of carbonyl (C=O) groups is 3. The Morgan fingerprint density at radius 3 is 2.71 bits per heavy atom. The number of carboxylic acids is 1. The van der Waals surface area contributed by atoms with Crippen LogP contribution in [0, 0.1) is 0 Å². The smallest absolute Gasteiger partial charge is 0.323 e. The number of aromatic nitrogens is 1. The van der Waals surface area contributed by atoms with Gasteiger partial charge in [-0.2, -0.15) is 0 Å². The van der Waals surface area contributed by atoms with Gasteiger partial charge in [0.15, 0.2) is 0 Å². The van der Waals surface area contributed by atoms with E-state index in [0.29, 0.717) is 0 Å². The average molecular weight is 295 g/mol. The fourth-order valence-electron chi connectivity index (χ4n) is 1.73. The van der Waals surface area contributed by atoms with Crippen molar-refractivity contribution in [2.45, 2.75) is 39.3 Å². The van der Waals surface area contributed by atoms with Crippen LogP contribution in [0.15, 0.2) is 18.3 Å². The molecule has 0 aliphatic rings. The normalized spacial score (nSPS) is 11.7. The van der Waals surface area contributed by atoms with E-state index in [9.17, 15) is 14.4 Å². The molecule has 21 heavy (non-hydrogen) atoms. The van der Waals surface area contributed by atoms with Crippen LogP contribution in [0.5, 0.6) is 0 Å². The second-order valence-electron chi connectivity index (χ2n) is 4.80. The third kappa shape index (κ3) is 5.68. The van der Waals surface area contributed by atoms with E-state index < -0.39 is 11.9 Å². The van der Waals surface area contributed by atoms with Crippen molar-refractivity contribution in [1.29, 1.82) is 0 Å². The maximum atomic E-state index is 11.9. The monoisotopic (exact) mass is 295 g/mol. The molecule has 1 heterocycles. The van der Waals surface area contributed by atoms with Gasteiger partial charge in [0.2, 0.25) is 5.91 Å². The molecule has 0 fully saturated rings. The first kappa shape index (κ1) is 16.7. The van der Waals surface area contributed by atoms with Gasteiger partial charge >= 0.3 is 5.97 Å². The maximum absolute atomic E-state index is 11.9. The molecule has 2 amide bonds. The quantitative estimate of drug-likeness (QED) is 0.654. The summed E-state index contributed by atoms with van der Waals surface area (Å²) in [5.74, 6) is -1.53. The van der Waals surface area contributed by atoms with Gasteiger partial charge in [0.05, 0.1) is 0 Å². The van der Waals surface area contributed by atoms with Gasteiger partial charge in [-0.25, -0.2) is 0 Å². The van der Waals surface area contributed by atoms with Crippen molar-refractivity contribution in [2.75, 3.05) is 6.54 Å². The Kier molecular flexibility index (Phi) is 6.45. The topological polar surface area (TPSA) is 100 Å². The van der Waals surface area contributed by atoms with Gasteiger partial charge in [0, 0.05) is 25.2 Å². The fourth-order valence-corrected chi connectivity index (χ4v) is 1.73. The van der Waals surface area contributed by atoms with Gasteiger partial charge in [-0.05, 0) is 25.5 Å². The molecule has 7 nitrogen and oxygen atoms in total. The lowest BCUT2D eigenvalue weighted by molar-refractivity contribution is -0.137. The van der Waals surface area contributed by atoms with Crippen LogP contribution in [0.25, 0.3) is 0 Å². The molecule has 0 bridgehead atoms. The number of hydrogen-bond acceptors (Lipinski definition) is 3. The van der Waals surface area contributed by atoms with E-state index in [1.165, 1.54) is 16.8 Å². The highest BCUT2D eigenvalue weighted by molar-refractivity contribution is 5.93. The van der Waals surface area contributed by atoms with Crippen LogP contribution in [0.4, 0.5) is 0 Å². The minimum Gasteiger partial charge on any atom is -0.480 e. The third-order valence-electron chi connectivity index (χ3n) is 3.03. The zero-order chi connectivity index (χ0) is 15.8. The number of amides is 2. The van der Waals surface area contributed by atoms with Crippen LogP contribution in [-0.4, -0.2) is 40.0 Å². The van der Waals surface area contributed by atoms with Crippen molar-refractivity contribution in [3.63, 3.8) is 0 Å². The molecule has 7 heteroatoms. The number of carbonyl (C=O) groups excluding carboxylic acids is 2. The third-order valence-corrected chi connectivity index (χ3v) is 3.03. The number of hydrogen-bond donors (Lipinski definition) is 3. The molecule has 1 rings (SSSR count). The van der Waals surface area contributed by atoms with Gasteiger partial charge < -0.3 is 20.3 Å². The second-order valence-corrected chi connectivity index (χ2v) is 4.80. The summed E-state index contributed by atoms with van der Waals surface area (Å²) < 4.78 is 1.34. The number of nitrogens with one attached hydrogen (secondary N) is 2. The largest absolute Gasteiger partial charge is 0.480 e. The molecule has 1 atom stereocenters. The maximum Gasteiger partial charge on any atom is 0.323 e. The summed E-state index contributed by atoms with van der Waals surface area (Å²) in [6.45, 7) is 3.82. The Labute approximate surface area is 123 Å². The van der Waals surface area contributed by atoms with Gasteiger partial charge in [-0.15, -0.1) is 0 Å². The van der Waals surface area contributed by atoms with Crippen LogP contribution < -0.4 is 10.6 Å². The number of rotatable bonds is 8. The Morgan fingerprint density at radius 1 is 1.38 bits per heavy atom. The number of carboxylic acid groups (broad SMARTS) is 1. The number of nitrogens with zero attached hydrogens (tertiary/aromatic N) is 1. The summed E-state index contributed by atoms with van der Waals surface area (Å²) in [5, 5.41) is 14.2. The van der Waals surface area contributed by atoms with E-state index in [1.807, 2.05) is 13.8 Å². The number of aliphatic carboxylic acids is 1. The van der Waals surface area contributed by atoms with E-state index in [1.54, 1.807) is 6.07 Å². The van der Waals surface area contributed by atoms with Gasteiger partial charge in [0.1, 0.15) is 12.2 Å². The summed E-state index contributed by atoms with van der Waals surface area (Å²) in [6, 6.07) is 3.26. The molecule has 0 spiro atoms. The SMILES string of the molecule is CCC(C)NC(=O)CCNC(=O)c1cccn1CC(=O)O. The molecule has 1 aromatic rings. The molecule has 1 aromatic heterocycles.